The molecular formula is C14H23N3O3. The summed E-state index contributed by atoms with van der Waals surface area (Å²) in [5, 5.41) is 9.65. The molecule has 6 nitrogen and oxygen atoms in total. The van der Waals surface area contributed by atoms with Crippen LogP contribution in [0.3, 0.4) is 0 Å². The number of benzene rings is 1. The van der Waals surface area contributed by atoms with Gasteiger partial charge in [0.15, 0.2) is 0 Å². The normalized spacial score (nSPS) is 12.4. The maximum Gasteiger partial charge on any atom is 0.238 e. The van der Waals surface area contributed by atoms with Gasteiger partial charge in [0.1, 0.15) is 0 Å². The summed E-state index contributed by atoms with van der Waals surface area (Å²) < 4.78 is 4.89. The van der Waals surface area contributed by atoms with E-state index >= 15 is 0 Å². The van der Waals surface area contributed by atoms with Gasteiger partial charge in [-0.25, -0.2) is 5.84 Å². The van der Waals surface area contributed by atoms with Crippen LogP contribution in [0, 0.1) is 0 Å². The van der Waals surface area contributed by atoms with E-state index in [9.17, 15) is 9.90 Å². The number of carbonyl (C=O) groups is 1. The minimum Gasteiger partial charge on any atom is -0.389 e. The monoisotopic (exact) mass is 281 g/mol. The van der Waals surface area contributed by atoms with E-state index in [2.05, 4.69) is 5.43 Å². The number of hydrogen-bond donors (Lipinski definition) is 3. The molecule has 6 heteroatoms. The van der Waals surface area contributed by atoms with Crippen LogP contribution in [0.2, 0.25) is 0 Å². The smallest absolute Gasteiger partial charge is 0.238 e. The van der Waals surface area contributed by atoms with Gasteiger partial charge < -0.3 is 9.84 Å². The van der Waals surface area contributed by atoms with Gasteiger partial charge in [-0.05, 0) is 18.2 Å². The zero-order valence-corrected chi connectivity index (χ0v) is 12.0. The Labute approximate surface area is 119 Å². The standard InChI is InChI=1S/C14H23N3O3/c1-17(9-13(18)10-20-2)8-12-5-3-11(4-6-12)7-14(19)16-15/h3-6,13,18H,7-10,15H2,1-2H3,(H,16,19). The van der Waals surface area contributed by atoms with Crippen LogP contribution in [0.5, 0.6) is 0 Å². The van der Waals surface area contributed by atoms with E-state index in [1.54, 1.807) is 7.11 Å². The van der Waals surface area contributed by atoms with Gasteiger partial charge in [0.25, 0.3) is 0 Å². The molecule has 0 radical (unpaired) electrons. The van der Waals surface area contributed by atoms with E-state index in [1.165, 1.54) is 0 Å². The molecule has 1 rings (SSSR count). The highest BCUT2D eigenvalue weighted by molar-refractivity contribution is 5.77. The van der Waals surface area contributed by atoms with Crippen molar-refractivity contribution in [1.82, 2.24) is 10.3 Å². The summed E-state index contributed by atoms with van der Waals surface area (Å²) in [6.07, 6.45) is -0.211. The average Bonchev–Trinajstić information content (AvgIpc) is 2.41. The number of nitrogens with one attached hydrogen (secondary N) is 1. The molecule has 1 aromatic rings. The highest BCUT2D eigenvalue weighted by atomic mass is 16.5. The SMILES string of the molecule is COCC(O)CN(C)Cc1ccc(CC(=O)NN)cc1. The molecule has 0 bridgehead atoms. The van der Waals surface area contributed by atoms with Gasteiger partial charge in [-0.3, -0.25) is 15.1 Å². The lowest BCUT2D eigenvalue weighted by Crippen LogP contribution is -2.31. The molecular weight excluding hydrogens is 258 g/mol. The minimum atomic E-state index is -0.488. The van der Waals surface area contributed by atoms with Gasteiger partial charge >= 0.3 is 0 Å². The average molecular weight is 281 g/mol. The van der Waals surface area contributed by atoms with Crippen molar-refractivity contribution in [2.45, 2.75) is 19.1 Å². The van der Waals surface area contributed by atoms with E-state index in [0.29, 0.717) is 13.2 Å². The third kappa shape index (κ3) is 6.12. The summed E-state index contributed by atoms with van der Waals surface area (Å²) >= 11 is 0. The predicted molar refractivity (Wildman–Crippen MR) is 76.7 cm³/mol. The van der Waals surface area contributed by atoms with Crippen LogP contribution in [-0.4, -0.2) is 49.3 Å². The first-order valence-corrected chi connectivity index (χ1v) is 6.48. The molecule has 0 saturated carbocycles. The predicted octanol–water partition coefficient (Wildman–Crippen LogP) is -0.342. The van der Waals surface area contributed by atoms with Crippen molar-refractivity contribution < 1.29 is 14.6 Å². The Balaban J connectivity index is 2.46. The Morgan fingerprint density at radius 3 is 2.55 bits per heavy atom. The lowest BCUT2D eigenvalue weighted by atomic mass is 10.1. The Morgan fingerprint density at radius 1 is 1.40 bits per heavy atom. The highest BCUT2D eigenvalue weighted by Crippen LogP contribution is 2.08. The highest BCUT2D eigenvalue weighted by Gasteiger charge is 2.08. The molecule has 112 valence electrons. The van der Waals surface area contributed by atoms with E-state index in [4.69, 9.17) is 10.6 Å². The van der Waals surface area contributed by atoms with Crippen molar-refractivity contribution in [3.05, 3.63) is 35.4 Å². The Hall–Kier alpha value is -1.47. The molecule has 1 atom stereocenters. The van der Waals surface area contributed by atoms with Gasteiger partial charge in [0.2, 0.25) is 5.91 Å². The number of nitrogens with zero attached hydrogens (tertiary/aromatic N) is 1. The number of ether oxygens (including phenoxy) is 1. The molecule has 0 saturated heterocycles. The number of rotatable bonds is 8. The lowest BCUT2D eigenvalue weighted by Gasteiger charge is -2.20. The molecule has 0 aliphatic rings. The van der Waals surface area contributed by atoms with Crippen LogP contribution in [0.1, 0.15) is 11.1 Å². The van der Waals surface area contributed by atoms with Crippen LogP contribution >= 0.6 is 0 Å². The third-order valence-corrected chi connectivity index (χ3v) is 2.88. The van der Waals surface area contributed by atoms with Crippen molar-refractivity contribution in [1.29, 1.82) is 0 Å². The van der Waals surface area contributed by atoms with Crippen molar-refractivity contribution in [2.24, 2.45) is 5.84 Å². The number of methoxy groups -OCH3 is 1. The van der Waals surface area contributed by atoms with Crippen LogP contribution in [0.15, 0.2) is 24.3 Å². The van der Waals surface area contributed by atoms with Crippen LogP contribution < -0.4 is 11.3 Å². The molecule has 0 spiro atoms. The molecule has 0 aromatic heterocycles. The zero-order valence-electron chi connectivity index (χ0n) is 12.0. The van der Waals surface area contributed by atoms with Crippen molar-refractivity contribution in [3.63, 3.8) is 0 Å². The number of aliphatic hydroxyl groups is 1. The molecule has 0 aliphatic heterocycles. The number of amides is 1. The zero-order chi connectivity index (χ0) is 15.0. The maximum atomic E-state index is 11.1. The first-order chi connectivity index (χ1) is 9.55. The number of likely N-dealkylation sites (N-methyl/N-ethyl adjacent to an activating group) is 1. The summed E-state index contributed by atoms with van der Waals surface area (Å²) in [6.45, 7) is 1.60. The molecule has 20 heavy (non-hydrogen) atoms. The Bertz CT molecular complexity index is 409. The molecule has 0 fully saturated rings. The Kier molecular flexibility index (Phi) is 7.17. The summed E-state index contributed by atoms with van der Waals surface area (Å²) in [6, 6.07) is 7.75. The van der Waals surface area contributed by atoms with Gasteiger partial charge in [0, 0.05) is 20.2 Å². The van der Waals surface area contributed by atoms with Gasteiger partial charge in [-0.2, -0.15) is 0 Å². The second kappa shape index (κ2) is 8.65. The number of aliphatic hydroxyl groups excluding tert-OH is 1. The molecule has 0 heterocycles. The van der Waals surface area contributed by atoms with Crippen molar-refractivity contribution in [2.75, 3.05) is 27.3 Å². The van der Waals surface area contributed by atoms with Crippen molar-refractivity contribution >= 4 is 5.91 Å². The second-order valence-electron chi connectivity index (χ2n) is 4.87. The minimum absolute atomic E-state index is 0.211. The van der Waals surface area contributed by atoms with Gasteiger partial charge in [-0.1, -0.05) is 24.3 Å². The first-order valence-electron chi connectivity index (χ1n) is 6.48. The number of hydrogen-bond acceptors (Lipinski definition) is 5. The van der Waals surface area contributed by atoms with E-state index in [-0.39, 0.29) is 12.3 Å². The molecule has 1 amide bonds. The van der Waals surface area contributed by atoms with Crippen LogP contribution in [-0.2, 0) is 22.5 Å². The molecule has 1 aromatic carbocycles. The molecule has 1 unspecified atom stereocenters. The first kappa shape index (κ1) is 16.6. The quantitative estimate of drug-likeness (QED) is 0.345. The van der Waals surface area contributed by atoms with Gasteiger partial charge in [-0.15, -0.1) is 0 Å². The largest absolute Gasteiger partial charge is 0.389 e. The molecule has 4 N–H and O–H groups in total. The third-order valence-electron chi connectivity index (χ3n) is 2.88. The van der Waals surface area contributed by atoms with E-state index in [0.717, 1.165) is 17.7 Å². The fourth-order valence-electron chi connectivity index (χ4n) is 1.98. The Morgan fingerprint density at radius 2 is 2.00 bits per heavy atom. The number of hydrazine groups is 1. The number of carbonyl (C=O) groups excluding carboxylic acids is 1. The van der Waals surface area contributed by atoms with E-state index < -0.39 is 6.10 Å². The fourth-order valence-corrected chi connectivity index (χ4v) is 1.98. The summed E-state index contributed by atoms with van der Waals surface area (Å²) in [5.74, 6) is 4.84. The second-order valence-corrected chi connectivity index (χ2v) is 4.87. The van der Waals surface area contributed by atoms with Crippen LogP contribution in [0.25, 0.3) is 0 Å². The maximum absolute atomic E-state index is 11.1. The summed E-state index contributed by atoms with van der Waals surface area (Å²) in [7, 11) is 3.51. The number of nitrogens with two attached hydrogens (primary N) is 1. The van der Waals surface area contributed by atoms with Crippen molar-refractivity contribution in [3.8, 4) is 0 Å². The van der Waals surface area contributed by atoms with Crippen LogP contribution in [0.4, 0.5) is 0 Å². The summed E-state index contributed by atoms with van der Waals surface area (Å²) in [4.78, 5) is 13.2. The van der Waals surface area contributed by atoms with E-state index in [1.807, 2.05) is 36.2 Å². The molecule has 0 aliphatic carbocycles. The summed E-state index contributed by atoms with van der Waals surface area (Å²) in [5.41, 5.74) is 4.14. The fraction of sp³-hybridized carbons (Fsp3) is 0.500. The topological polar surface area (TPSA) is 87.8 Å². The lowest BCUT2D eigenvalue weighted by molar-refractivity contribution is -0.120. The van der Waals surface area contributed by atoms with Gasteiger partial charge in [0.05, 0.1) is 19.1 Å².